The van der Waals surface area contributed by atoms with E-state index in [0.29, 0.717) is 18.5 Å². The number of amides is 2. The number of carbonyl (C=O) groups excluding carboxylic acids is 2. The molecule has 1 N–H and O–H groups in total. The van der Waals surface area contributed by atoms with Crippen LogP contribution in [0.5, 0.6) is 0 Å². The fraction of sp³-hybridized carbons (Fsp3) is 0.188. The van der Waals surface area contributed by atoms with Gasteiger partial charge in [-0.15, -0.1) is 0 Å². The van der Waals surface area contributed by atoms with E-state index in [1.807, 2.05) is 30.3 Å². The van der Waals surface area contributed by atoms with Crippen LogP contribution < -0.4 is 10.2 Å². The fourth-order valence-electron chi connectivity index (χ4n) is 2.39. The molecule has 0 aliphatic carbocycles. The van der Waals surface area contributed by atoms with Crippen LogP contribution in [0.25, 0.3) is 0 Å². The van der Waals surface area contributed by atoms with Gasteiger partial charge in [0.15, 0.2) is 0 Å². The Kier molecular flexibility index (Phi) is 3.64. The molecule has 0 atom stereocenters. The van der Waals surface area contributed by atoms with Crippen LogP contribution in [0.2, 0.25) is 0 Å². The Morgan fingerprint density at radius 3 is 2.90 bits per heavy atom. The number of hydrogen-bond donors (Lipinski definition) is 1. The van der Waals surface area contributed by atoms with Crippen LogP contribution >= 0.6 is 0 Å². The highest BCUT2D eigenvalue weighted by Gasteiger charge is 2.26. The second kappa shape index (κ2) is 5.75. The van der Waals surface area contributed by atoms with Crippen LogP contribution in [0.1, 0.15) is 12.0 Å². The van der Waals surface area contributed by atoms with Crippen molar-refractivity contribution in [3.63, 3.8) is 0 Å². The number of anilines is 2. The lowest BCUT2D eigenvalue weighted by Gasteiger charge is -2.29. The van der Waals surface area contributed by atoms with Crippen molar-refractivity contribution >= 4 is 23.2 Å². The van der Waals surface area contributed by atoms with Crippen molar-refractivity contribution in [3.05, 3.63) is 54.4 Å². The van der Waals surface area contributed by atoms with Gasteiger partial charge in [0.1, 0.15) is 6.54 Å². The van der Waals surface area contributed by atoms with Crippen molar-refractivity contribution in [2.75, 3.05) is 16.8 Å². The van der Waals surface area contributed by atoms with Gasteiger partial charge in [-0.25, -0.2) is 0 Å². The minimum absolute atomic E-state index is 0.0545. The van der Waals surface area contributed by atoms with Crippen molar-refractivity contribution in [2.45, 2.75) is 12.8 Å². The molecule has 2 amide bonds. The normalized spacial score (nSPS) is 13.5. The van der Waals surface area contributed by atoms with Gasteiger partial charge < -0.3 is 10.2 Å². The number of aromatic nitrogens is 1. The molecular weight excluding hydrogens is 266 g/mol. The number of nitrogens with zero attached hydrogens (tertiary/aromatic N) is 2. The summed E-state index contributed by atoms with van der Waals surface area (Å²) in [6.07, 6.45) is 4.43. The van der Waals surface area contributed by atoms with E-state index in [9.17, 15) is 9.59 Å². The molecule has 21 heavy (non-hydrogen) atoms. The molecule has 0 unspecified atom stereocenters. The number of nitrogens with one attached hydrogen (secondary N) is 1. The highest BCUT2D eigenvalue weighted by atomic mass is 16.2. The molecule has 1 aliphatic rings. The molecule has 0 bridgehead atoms. The predicted octanol–water partition coefficient (Wildman–Crippen LogP) is 2.00. The first-order valence-electron chi connectivity index (χ1n) is 6.82. The quantitative estimate of drug-likeness (QED) is 0.936. The molecule has 3 rings (SSSR count). The number of pyridine rings is 1. The van der Waals surface area contributed by atoms with Crippen molar-refractivity contribution in [3.8, 4) is 0 Å². The van der Waals surface area contributed by atoms with Crippen LogP contribution in [-0.4, -0.2) is 23.3 Å². The Labute approximate surface area is 122 Å². The third-order valence-corrected chi connectivity index (χ3v) is 3.42. The third-order valence-electron chi connectivity index (χ3n) is 3.42. The third kappa shape index (κ3) is 2.91. The van der Waals surface area contributed by atoms with E-state index in [2.05, 4.69) is 10.3 Å². The minimum atomic E-state index is -0.163. The van der Waals surface area contributed by atoms with E-state index in [1.54, 1.807) is 23.4 Å². The van der Waals surface area contributed by atoms with Crippen LogP contribution in [0, 0.1) is 0 Å². The Morgan fingerprint density at radius 2 is 2.10 bits per heavy atom. The number of hydrogen-bond acceptors (Lipinski definition) is 3. The number of aryl methyl sites for hydroxylation is 1. The van der Waals surface area contributed by atoms with Crippen molar-refractivity contribution in [2.24, 2.45) is 0 Å². The Hall–Kier alpha value is -2.69. The number of fused-ring (bicyclic) bond motifs is 1. The van der Waals surface area contributed by atoms with Gasteiger partial charge in [0.2, 0.25) is 11.8 Å². The van der Waals surface area contributed by atoms with Crippen LogP contribution in [-0.2, 0) is 16.0 Å². The highest BCUT2D eigenvalue weighted by Crippen LogP contribution is 2.29. The second-order valence-corrected chi connectivity index (χ2v) is 4.91. The fourth-order valence-corrected chi connectivity index (χ4v) is 2.39. The number of para-hydroxylation sites is 2. The minimum Gasteiger partial charge on any atom is -0.323 e. The lowest BCUT2D eigenvalue weighted by atomic mass is 10.1. The summed E-state index contributed by atoms with van der Waals surface area (Å²) in [6, 6.07) is 11.1. The maximum absolute atomic E-state index is 12.4. The summed E-state index contributed by atoms with van der Waals surface area (Å²) in [6.45, 7) is 0.0723. The molecule has 2 aromatic rings. The number of rotatable bonds is 3. The zero-order chi connectivity index (χ0) is 14.7. The first kappa shape index (κ1) is 13.3. The summed E-state index contributed by atoms with van der Waals surface area (Å²) in [5, 5.41) is 2.78. The molecule has 5 nitrogen and oxygen atoms in total. The average molecular weight is 281 g/mol. The molecule has 0 spiro atoms. The molecule has 1 aromatic carbocycles. The van der Waals surface area contributed by atoms with E-state index in [0.717, 1.165) is 11.3 Å². The van der Waals surface area contributed by atoms with E-state index in [4.69, 9.17) is 0 Å². The molecule has 0 saturated heterocycles. The summed E-state index contributed by atoms with van der Waals surface area (Å²) in [7, 11) is 0. The first-order valence-corrected chi connectivity index (χ1v) is 6.82. The zero-order valence-corrected chi connectivity index (χ0v) is 11.5. The molecule has 2 heterocycles. The summed E-state index contributed by atoms with van der Waals surface area (Å²) < 4.78 is 0. The van der Waals surface area contributed by atoms with E-state index >= 15 is 0 Å². The molecule has 1 aromatic heterocycles. The maximum atomic E-state index is 12.4. The van der Waals surface area contributed by atoms with Gasteiger partial charge in [-0.1, -0.05) is 18.2 Å². The largest absolute Gasteiger partial charge is 0.323 e. The monoisotopic (exact) mass is 281 g/mol. The summed E-state index contributed by atoms with van der Waals surface area (Å²) >= 11 is 0. The zero-order valence-electron chi connectivity index (χ0n) is 11.5. The second-order valence-electron chi connectivity index (χ2n) is 4.91. The molecule has 5 heteroatoms. The van der Waals surface area contributed by atoms with Gasteiger partial charge in [0, 0.05) is 18.8 Å². The molecule has 0 fully saturated rings. The van der Waals surface area contributed by atoms with Gasteiger partial charge >= 0.3 is 0 Å². The lowest BCUT2D eigenvalue weighted by molar-refractivity contribution is -0.121. The number of carbonyl (C=O) groups is 2. The lowest BCUT2D eigenvalue weighted by Crippen LogP contribution is -2.42. The average Bonchev–Trinajstić information content (AvgIpc) is 2.52. The summed E-state index contributed by atoms with van der Waals surface area (Å²) in [4.78, 5) is 29.7. The van der Waals surface area contributed by atoms with Crippen molar-refractivity contribution in [1.82, 2.24) is 4.98 Å². The Morgan fingerprint density at radius 1 is 1.24 bits per heavy atom. The van der Waals surface area contributed by atoms with E-state index in [-0.39, 0.29) is 18.4 Å². The molecule has 0 saturated carbocycles. The van der Waals surface area contributed by atoms with E-state index in [1.165, 1.54) is 0 Å². The smallest absolute Gasteiger partial charge is 0.244 e. The highest BCUT2D eigenvalue weighted by molar-refractivity contribution is 6.09. The molecular formula is C16H15N3O2. The molecule has 0 radical (unpaired) electrons. The standard InChI is InChI=1S/C16H15N3O2/c20-15-11-19(14-6-2-1-5-13(14)18-15)16(21)8-7-12-4-3-9-17-10-12/h1-6,9-10H,7-8,11H2,(H,18,20). The number of benzene rings is 1. The van der Waals surface area contributed by atoms with E-state index < -0.39 is 0 Å². The summed E-state index contributed by atoms with van der Waals surface area (Å²) in [5.41, 5.74) is 2.46. The van der Waals surface area contributed by atoms with Crippen LogP contribution in [0.3, 0.4) is 0 Å². The Balaban J connectivity index is 1.74. The van der Waals surface area contributed by atoms with Crippen LogP contribution in [0.15, 0.2) is 48.8 Å². The van der Waals surface area contributed by atoms with Gasteiger partial charge in [-0.05, 0) is 30.2 Å². The maximum Gasteiger partial charge on any atom is 0.244 e. The molecule has 106 valence electrons. The van der Waals surface area contributed by atoms with Gasteiger partial charge in [0.25, 0.3) is 0 Å². The topological polar surface area (TPSA) is 62.3 Å². The van der Waals surface area contributed by atoms with Gasteiger partial charge in [-0.3, -0.25) is 14.6 Å². The van der Waals surface area contributed by atoms with Crippen LogP contribution in [0.4, 0.5) is 11.4 Å². The SMILES string of the molecule is O=C1CN(C(=O)CCc2cccnc2)c2ccccc2N1. The molecule has 1 aliphatic heterocycles. The van der Waals surface area contributed by atoms with Gasteiger partial charge in [-0.2, -0.15) is 0 Å². The first-order chi connectivity index (χ1) is 10.2. The van der Waals surface area contributed by atoms with Crippen molar-refractivity contribution < 1.29 is 9.59 Å². The predicted molar refractivity (Wildman–Crippen MR) is 80.0 cm³/mol. The van der Waals surface area contributed by atoms with Gasteiger partial charge in [0.05, 0.1) is 11.4 Å². The summed E-state index contributed by atoms with van der Waals surface area (Å²) in [5.74, 6) is -0.218. The van der Waals surface area contributed by atoms with Crippen molar-refractivity contribution in [1.29, 1.82) is 0 Å². The Bertz CT molecular complexity index is 670.